The third-order valence-corrected chi connectivity index (χ3v) is 5.04. The summed E-state index contributed by atoms with van der Waals surface area (Å²) in [4.78, 5) is 4.55. The molecule has 0 aliphatic heterocycles. The maximum absolute atomic E-state index is 4.55. The van der Waals surface area contributed by atoms with E-state index < -0.39 is 0 Å². The maximum Gasteiger partial charge on any atom is 0.0758 e. The smallest absolute Gasteiger partial charge is 0.0758 e. The topological polar surface area (TPSA) is 24.9 Å². The molecule has 0 saturated heterocycles. The van der Waals surface area contributed by atoms with Crippen molar-refractivity contribution in [1.82, 2.24) is 10.3 Å². The monoisotopic (exact) mass is 332 g/mol. The van der Waals surface area contributed by atoms with Crippen LogP contribution in [-0.2, 0) is 6.54 Å². The molecule has 1 aliphatic rings. The fraction of sp³-hybridized carbons (Fsp3) is 0.471. The number of rotatable bonds is 3. The number of nitrogens with one attached hydrogen (secondary N) is 1. The first kappa shape index (κ1) is 14.0. The highest BCUT2D eigenvalue weighted by Gasteiger charge is 2.30. The van der Waals surface area contributed by atoms with Gasteiger partial charge in [0, 0.05) is 28.6 Å². The van der Waals surface area contributed by atoms with Gasteiger partial charge in [-0.1, -0.05) is 41.9 Å². The molecule has 0 radical (unpaired) electrons. The highest BCUT2D eigenvalue weighted by atomic mass is 79.9. The number of nitrogens with zero attached hydrogens (tertiary/aromatic N) is 1. The highest BCUT2D eigenvalue weighted by Crippen LogP contribution is 2.37. The van der Waals surface area contributed by atoms with E-state index in [9.17, 15) is 0 Å². The molecular weight excluding hydrogens is 312 g/mol. The number of halogens is 1. The Kier molecular flexibility index (Phi) is 3.83. The first-order chi connectivity index (χ1) is 9.55. The average Bonchev–Trinajstić information content (AvgIpc) is 2.78. The average molecular weight is 333 g/mol. The predicted molar refractivity (Wildman–Crippen MR) is 87.7 cm³/mol. The van der Waals surface area contributed by atoms with Gasteiger partial charge in [-0.2, -0.15) is 0 Å². The van der Waals surface area contributed by atoms with Crippen molar-refractivity contribution in [2.45, 2.75) is 45.7 Å². The maximum atomic E-state index is 4.55. The molecule has 1 unspecified atom stereocenters. The minimum Gasteiger partial charge on any atom is -0.310 e. The number of fused-ring (bicyclic) bond motifs is 1. The largest absolute Gasteiger partial charge is 0.310 e. The number of pyridine rings is 1. The molecule has 1 N–H and O–H groups in total. The van der Waals surface area contributed by atoms with Gasteiger partial charge in [-0.3, -0.25) is 4.98 Å². The molecule has 1 aromatic carbocycles. The number of aromatic nitrogens is 1. The number of hydrogen-bond donors (Lipinski definition) is 1. The standard InChI is InChI=1S/C17H21BrN2/c1-17(2)8-7-13(10-17)20-11-12-5-6-15(18)14-4-3-9-19-16(12)14/h3-6,9,13,20H,7-8,10-11H2,1-2H3. The van der Waals surface area contributed by atoms with E-state index in [1.54, 1.807) is 0 Å². The SMILES string of the molecule is CC1(C)CCC(NCc2ccc(Br)c3cccnc23)C1. The first-order valence-electron chi connectivity index (χ1n) is 7.31. The summed E-state index contributed by atoms with van der Waals surface area (Å²) in [5, 5.41) is 4.90. The summed E-state index contributed by atoms with van der Waals surface area (Å²) in [7, 11) is 0. The van der Waals surface area contributed by atoms with Gasteiger partial charge in [0.1, 0.15) is 0 Å². The van der Waals surface area contributed by atoms with Crippen LogP contribution >= 0.6 is 15.9 Å². The Morgan fingerprint density at radius 2 is 2.20 bits per heavy atom. The number of benzene rings is 1. The molecule has 1 aromatic heterocycles. The lowest BCUT2D eigenvalue weighted by Gasteiger charge is -2.18. The summed E-state index contributed by atoms with van der Waals surface area (Å²) >= 11 is 3.60. The lowest BCUT2D eigenvalue weighted by atomic mass is 9.92. The molecule has 3 rings (SSSR count). The fourth-order valence-electron chi connectivity index (χ4n) is 3.20. The van der Waals surface area contributed by atoms with Gasteiger partial charge in [0.25, 0.3) is 0 Å². The van der Waals surface area contributed by atoms with Crippen LogP contribution in [0.1, 0.15) is 38.7 Å². The first-order valence-corrected chi connectivity index (χ1v) is 8.10. The van der Waals surface area contributed by atoms with Crippen molar-refractivity contribution in [2.75, 3.05) is 0 Å². The van der Waals surface area contributed by atoms with Gasteiger partial charge in [0.05, 0.1) is 5.52 Å². The van der Waals surface area contributed by atoms with E-state index in [1.165, 1.54) is 30.2 Å². The van der Waals surface area contributed by atoms with Crippen LogP contribution in [0.2, 0.25) is 0 Å². The second-order valence-corrected chi connectivity index (χ2v) is 7.45. The molecule has 106 valence electrons. The Bertz CT molecular complexity index is 621. The number of hydrogen-bond acceptors (Lipinski definition) is 2. The summed E-state index contributed by atoms with van der Waals surface area (Å²) in [5.41, 5.74) is 2.89. The van der Waals surface area contributed by atoms with E-state index in [1.807, 2.05) is 12.3 Å². The van der Waals surface area contributed by atoms with E-state index in [4.69, 9.17) is 0 Å². The van der Waals surface area contributed by atoms with Gasteiger partial charge in [-0.05, 0) is 42.4 Å². The van der Waals surface area contributed by atoms with E-state index in [0.717, 1.165) is 16.5 Å². The van der Waals surface area contributed by atoms with Crippen LogP contribution in [-0.4, -0.2) is 11.0 Å². The molecule has 1 saturated carbocycles. The fourth-order valence-corrected chi connectivity index (χ4v) is 3.66. The zero-order valence-electron chi connectivity index (χ0n) is 12.1. The summed E-state index contributed by atoms with van der Waals surface area (Å²) in [6.45, 7) is 5.64. The molecule has 3 heteroatoms. The molecule has 1 heterocycles. The van der Waals surface area contributed by atoms with Crippen LogP contribution in [0.4, 0.5) is 0 Å². The molecule has 1 fully saturated rings. The van der Waals surface area contributed by atoms with Crippen molar-refractivity contribution < 1.29 is 0 Å². The molecule has 2 aromatic rings. The molecule has 0 amide bonds. The van der Waals surface area contributed by atoms with Crippen molar-refractivity contribution >= 4 is 26.8 Å². The Morgan fingerprint density at radius 1 is 1.35 bits per heavy atom. The molecule has 0 spiro atoms. The van der Waals surface area contributed by atoms with E-state index in [-0.39, 0.29) is 0 Å². The van der Waals surface area contributed by atoms with E-state index in [0.29, 0.717) is 11.5 Å². The summed E-state index contributed by atoms with van der Waals surface area (Å²) in [6, 6.07) is 9.05. The van der Waals surface area contributed by atoms with Gasteiger partial charge < -0.3 is 5.32 Å². The third kappa shape index (κ3) is 2.89. The third-order valence-electron chi connectivity index (χ3n) is 4.35. The Balaban J connectivity index is 1.77. The van der Waals surface area contributed by atoms with Crippen molar-refractivity contribution in [3.63, 3.8) is 0 Å². The van der Waals surface area contributed by atoms with E-state index in [2.05, 4.69) is 58.3 Å². The van der Waals surface area contributed by atoms with Crippen molar-refractivity contribution in [3.05, 3.63) is 40.5 Å². The molecule has 1 atom stereocenters. The zero-order chi connectivity index (χ0) is 14.2. The van der Waals surface area contributed by atoms with Crippen LogP contribution in [0, 0.1) is 5.41 Å². The quantitative estimate of drug-likeness (QED) is 0.883. The molecule has 20 heavy (non-hydrogen) atoms. The zero-order valence-corrected chi connectivity index (χ0v) is 13.7. The summed E-state index contributed by atoms with van der Waals surface area (Å²) < 4.78 is 1.12. The molecular formula is C17H21BrN2. The second-order valence-electron chi connectivity index (χ2n) is 6.59. The summed E-state index contributed by atoms with van der Waals surface area (Å²) in [6.07, 6.45) is 5.75. The Labute approximate surface area is 129 Å². The van der Waals surface area contributed by atoms with Crippen molar-refractivity contribution in [3.8, 4) is 0 Å². The summed E-state index contributed by atoms with van der Waals surface area (Å²) in [5.74, 6) is 0. The molecule has 1 aliphatic carbocycles. The van der Waals surface area contributed by atoms with Gasteiger partial charge in [0.2, 0.25) is 0 Å². The van der Waals surface area contributed by atoms with Crippen LogP contribution in [0.25, 0.3) is 10.9 Å². The van der Waals surface area contributed by atoms with Crippen LogP contribution in [0.15, 0.2) is 34.9 Å². The van der Waals surface area contributed by atoms with Gasteiger partial charge in [-0.15, -0.1) is 0 Å². The van der Waals surface area contributed by atoms with Crippen LogP contribution in [0.3, 0.4) is 0 Å². The van der Waals surface area contributed by atoms with Gasteiger partial charge in [0.15, 0.2) is 0 Å². The second kappa shape index (κ2) is 5.45. The Hall–Kier alpha value is -0.930. The van der Waals surface area contributed by atoms with Gasteiger partial charge >= 0.3 is 0 Å². The molecule has 0 bridgehead atoms. The Morgan fingerprint density at radius 3 is 2.95 bits per heavy atom. The minimum absolute atomic E-state index is 0.498. The van der Waals surface area contributed by atoms with Crippen LogP contribution < -0.4 is 5.32 Å². The van der Waals surface area contributed by atoms with Crippen molar-refractivity contribution in [1.29, 1.82) is 0 Å². The van der Waals surface area contributed by atoms with Gasteiger partial charge in [-0.25, -0.2) is 0 Å². The van der Waals surface area contributed by atoms with E-state index >= 15 is 0 Å². The highest BCUT2D eigenvalue weighted by molar-refractivity contribution is 9.10. The van der Waals surface area contributed by atoms with Crippen molar-refractivity contribution in [2.24, 2.45) is 5.41 Å². The minimum atomic E-state index is 0.498. The molecule has 2 nitrogen and oxygen atoms in total. The normalized spacial score (nSPS) is 21.4. The lowest BCUT2D eigenvalue weighted by molar-refractivity contribution is 0.364. The van der Waals surface area contributed by atoms with Crippen LogP contribution in [0.5, 0.6) is 0 Å². The predicted octanol–water partition coefficient (Wildman–Crippen LogP) is 4.67. The lowest BCUT2D eigenvalue weighted by Crippen LogP contribution is -2.27.